The van der Waals surface area contributed by atoms with Gasteiger partial charge in [-0.25, -0.2) is 0 Å². The zero-order valence-electron chi connectivity index (χ0n) is 16.4. The molecule has 0 aromatic heterocycles. The summed E-state index contributed by atoms with van der Waals surface area (Å²) in [6.45, 7) is 7.93. The molecule has 0 saturated carbocycles. The molecule has 0 aliphatic carbocycles. The van der Waals surface area contributed by atoms with E-state index in [-0.39, 0.29) is 17.7 Å². The van der Waals surface area contributed by atoms with Crippen LogP contribution in [0.25, 0.3) is 0 Å². The summed E-state index contributed by atoms with van der Waals surface area (Å²) in [5.74, 6) is 0.246. The minimum absolute atomic E-state index is 0.0392. The standard InChI is InChI=1S/C23H28N2O2/c1-16(2)20-10-8-18(9-11-20)13-24-23(27)21-12-22(26)25(15-21)14-19-6-4-17(3)5-7-19/h4-11,16,21H,12-15H2,1-3H3,(H,24,27). The van der Waals surface area contributed by atoms with Crippen molar-refractivity contribution in [2.75, 3.05) is 6.54 Å². The highest BCUT2D eigenvalue weighted by molar-refractivity contribution is 5.89. The van der Waals surface area contributed by atoms with Crippen molar-refractivity contribution in [1.82, 2.24) is 10.2 Å². The molecule has 4 heteroatoms. The maximum atomic E-state index is 12.5. The van der Waals surface area contributed by atoms with E-state index in [1.54, 1.807) is 4.90 Å². The molecule has 2 aromatic carbocycles. The van der Waals surface area contributed by atoms with E-state index >= 15 is 0 Å². The third-order valence-corrected chi connectivity index (χ3v) is 5.19. The maximum absolute atomic E-state index is 12.5. The van der Waals surface area contributed by atoms with Crippen molar-refractivity contribution in [3.63, 3.8) is 0 Å². The number of amides is 2. The number of carbonyl (C=O) groups is 2. The predicted molar refractivity (Wildman–Crippen MR) is 107 cm³/mol. The van der Waals surface area contributed by atoms with Crippen LogP contribution in [-0.4, -0.2) is 23.3 Å². The number of carbonyl (C=O) groups excluding carboxylic acids is 2. The second-order valence-electron chi connectivity index (χ2n) is 7.77. The molecule has 0 bridgehead atoms. The first-order chi connectivity index (χ1) is 12.9. The normalized spacial score (nSPS) is 16.8. The van der Waals surface area contributed by atoms with Crippen molar-refractivity contribution >= 4 is 11.8 Å². The van der Waals surface area contributed by atoms with Crippen LogP contribution in [0.4, 0.5) is 0 Å². The minimum Gasteiger partial charge on any atom is -0.352 e. The molecule has 0 radical (unpaired) electrons. The number of likely N-dealkylation sites (tertiary alicyclic amines) is 1. The van der Waals surface area contributed by atoms with Gasteiger partial charge >= 0.3 is 0 Å². The molecule has 4 nitrogen and oxygen atoms in total. The Hall–Kier alpha value is -2.62. The largest absolute Gasteiger partial charge is 0.352 e. The Balaban J connectivity index is 1.51. The summed E-state index contributed by atoms with van der Waals surface area (Å²) < 4.78 is 0. The SMILES string of the molecule is Cc1ccc(CN2CC(C(=O)NCc3ccc(C(C)C)cc3)CC2=O)cc1. The summed E-state index contributed by atoms with van der Waals surface area (Å²) in [6.07, 6.45) is 0.296. The van der Waals surface area contributed by atoms with Gasteiger partial charge in [0.1, 0.15) is 0 Å². The smallest absolute Gasteiger partial charge is 0.225 e. The van der Waals surface area contributed by atoms with Gasteiger partial charge in [-0.3, -0.25) is 9.59 Å². The Bertz CT molecular complexity index is 794. The van der Waals surface area contributed by atoms with E-state index in [1.807, 2.05) is 31.2 Å². The Kier molecular flexibility index (Phi) is 5.94. The van der Waals surface area contributed by atoms with Crippen molar-refractivity contribution in [2.24, 2.45) is 5.92 Å². The first-order valence-electron chi connectivity index (χ1n) is 9.62. The van der Waals surface area contributed by atoms with E-state index in [0.717, 1.165) is 11.1 Å². The van der Waals surface area contributed by atoms with E-state index in [4.69, 9.17) is 0 Å². The molecule has 1 fully saturated rings. The lowest BCUT2D eigenvalue weighted by atomic mass is 10.0. The molecule has 1 N–H and O–H groups in total. The van der Waals surface area contributed by atoms with Crippen LogP contribution in [0.1, 0.15) is 48.4 Å². The van der Waals surface area contributed by atoms with Crippen molar-refractivity contribution in [3.8, 4) is 0 Å². The number of nitrogens with one attached hydrogen (secondary N) is 1. The second kappa shape index (κ2) is 8.38. The van der Waals surface area contributed by atoms with Crippen LogP contribution in [0.15, 0.2) is 48.5 Å². The molecule has 1 aliphatic heterocycles. The molecule has 1 heterocycles. The van der Waals surface area contributed by atoms with E-state index < -0.39 is 0 Å². The molecule has 2 amide bonds. The predicted octanol–water partition coefficient (Wildman–Crippen LogP) is 3.78. The fraction of sp³-hybridized carbons (Fsp3) is 0.391. The molecule has 142 valence electrons. The van der Waals surface area contributed by atoms with Crippen molar-refractivity contribution in [1.29, 1.82) is 0 Å². The summed E-state index contributed by atoms with van der Waals surface area (Å²) in [5, 5.41) is 2.98. The Morgan fingerprint density at radius 3 is 2.33 bits per heavy atom. The van der Waals surface area contributed by atoms with Gasteiger partial charge in [0.05, 0.1) is 5.92 Å². The van der Waals surface area contributed by atoms with Crippen molar-refractivity contribution < 1.29 is 9.59 Å². The maximum Gasteiger partial charge on any atom is 0.225 e. The van der Waals surface area contributed by atoms with Gasteiger partial charge in [-0.1, -0.05) is 67.9 Å². The fourth-order valence-electron chi connectivity index (χ4n) is 3.37. The monoisotopic (exact) mass is 364 g/mol. The van der Waals surface area contributed by atoms with Gasteiger partial charge in [-0.15, -0.1) is 0 Å². The first kappa shape index (κ1) is 19.2. The van der Waals surface area contributed by atoms with Gasteiger partial charge in [0.15, 0.2) is 0 Å². The van der Waals surface area contributed by atoms with E-state index in [1.165, 1.54) is 11.1 Å². The van der Waals surface area contributed by atoms with E-state index in [9.17, 15) is 9.59 Å². The molecule has 0 spiro atoms. The number of hydrogen-bond acceptors (Lipinski definition) is 2. The average Bonchev–Trinajstić information content (AvgIpc) is 3.02. The lowest BCUT2D eigenvalue weighted by molar-refractivity contribution is -0.129. The zero-order valence-corrected chi connectivity index (χ0v) is 16.4. The average molecular weight is 364 g/mol. The van der Waals surface area contributed by atoms with Crippen LogP contribution < -0.4 is 5.32 Å². The summed E-state index contributed by atoms with van der Waals surface area (Å²) in [4.78, 5) is 26.6. The molecule has 3 rings (SSSR count). The number of rotatable bonds is 6. The lowest BCUT2D eigenvalue weighted by Crippen LogP contribution is -2.32. The second-order valence-corrected chi connectivity index (χ2v) is 7.77. The van der Waals surface area contributed by atoms with Crippen LogP contribution in [0, 0.1) is 12.8 Å². The number of benzene rings is 2. The fourth-order valence-corrected chi connectivity index (χ4v) is 3.37. The van der Waals surface area contributed by atoms with Gasteiger partial charge in [0, 0.05) is 26.1 Å². The van der Waals surface area contributed by atoms with Gasteiger partial charge in [-0.2, -0.15) is 0 Å². The third-order valence-electron chi connectivity index (χ3n) is 5.19. The molecule has 1 aliphatic rings. The third kappa shape index (κ3) is 4.97. The van der Waals surface area contributed by atoms with Gasteiger partial charge in [0.25, 0.3) is 0 Å². The van der Waals surface area contributed by atoms with Crippen molar-refractivity contribution in [2.45, 2.75) is 46.2 Å². The summed E-state index contributed by atoms with van der Waals surface area (Å²) in [5.41, 5.74) is 4.66. The van der Waals surface area contributed by atoms with Crippen LogP contribution in [0.3, 0.4) is 0 Å². The first-order valence-corrected chi connectivity index (χ1v) is 9.62. The molecular formula is C23H28N2O2. The van der Waals surface area contributed by atoms with Crippen LogP contribution in [0.2, 0.25) is 0 Å². The highest BCUT2D eigenvalue weighted by Gasteiger charge is 2.34. The summed E-state index contributed by atoms with van der Waals surface area (Å²) in [7, 11) is 0. The minimum atomic E-state index is -0.266. The lowest BCUT2D eigenvalue weighted by Gasteiger charge is -2.17. The topological polar surface area (TPSA) is 49.4 Å². The Morgan fingerprint density at radius 2 is 1.70 bits per heavy atom. The zero-order chi connectivity index (χ0) is 19.4. The quantitative estimate of drug-likeness (QED) is 0.848. The molecular weight excluding hydrogens is 336 g/mol. The number of nitrogens with zero attached hydrogens (tertiary/aromatic N) is 1. The van der Waals surface area contributed by atoms with Crippen LogP contribution in [0.5, 0.6) is 0 Å². The van der Waals surface area contributed by atoms with E-state index in [0.29, 0.717) is 32.0 Å². The number of aryl methyl sites for hydroxylation is 1. The molecule has 1 atom stereocenters. The molecule has 1 unspecified atom stereocenters. The van der Waals surface area contributed by atoms with Crippen LogP contribution >= 0.6 is 0 Å². The molecule has 1 saturated heterocycles. The Morgan fingerprint density at radius 1 is 1.07 bits per heavy atom. The highest BCUT2D eigenvalue weighted by Crippen LogP contribution is 2.21. The van der Waals surface area contributed by atoms with Gasteiger partial charge in [0.2, 0.25) is 11.8 Å². The summed E-state index contributed by atoms with van der Waals surface area (Å²) in [6, 6.07) is 16.5. The molecule has 2 aromatic rings. The molecule has 27 heavy (non-hydrogen) atoms. The highest BCUT2D eigenvalue weighted by atomic mass is 16.2. The Labute approximate surface area is 161 Å². The van der Waals surface area contributed by atoms with Crippen LogP contribution in [-0.2, 0) is 22.7 Å². The van der Waals surface area contributed by atoms with Crippen molar-refractivity contribution in [3.05, 3.63) is 70.8 Å². The number of hydrogen-bond donors (Lipinski definition) is 1. The summed E-state index contributed by atoms with van der Waals surface area (Å²) >= 11 is 0. The van der Waals surface area contributed by atoms with E-state index in [2.05, 4.69) is 43.4 Å². The van der Waals surface area contributed by atoms with Gasteiger partial charge in [-0.05, 0) is 29.5 Å². The van der Waals surface area contributed by atoms with Gasteiger partial charge < -0.3 is 10.2 Å².